The Labute approximate surface area is 169 Å². The van der Waals surface area contributed by atoms with Gasteiger partial charge in [0.15, 0.2) is 5.69 Å². The van der Waals surface area contributed by atoms with Gasteiger partial charge >= 0.3 is 11.9 Å². The Morgan fingerprint density at radius 3 is 2.48 bits per heavy atom. The van der Waals surface area contributed by atoms with Crippen LogP contribution >= 0.6 is 0 Å². The number of esters is 1. The predicted octanol–water partition coefficient (Wildman–Crippen LogP) is 4.62. The number of rotatable bonds is 5. The van der Waals surface area contributed by atoms with Crippen molar-refractivity contribution in [2.75, 3.05) is 7.11 Å². The fraction of sp³-hybridized carbons (Fsp3) is 0.348. The largest absolute Gasteiger partial charge is 0.480 e. The number of ether oxygens (including phenoxy) is 1. The van der Waals surface area contributed by atoms with Crippen molar-refractivity contribution < 1.29 is 19.4 Å². The molecule has 1 saturated carbocycles. The number of carbonyl (C=O) groups excluding carboxylic acids is 1. The van der Waals surface area contributed by atoms with Gasteiger partial charge in [0.05, 0.1) is 12.8 Å². The first-order valence-electron chi connectivity index (χ1n) is 9.98. The van der Waals surface area contributed by atoms with Gasteiger partial charge in [-0.2, -0.15) is 0 Å². The van der Waals surface area contributed by atoms with Crippen LogP contribution in [-0.4, -0.2) is 33.7 Å². The summed E-state index contributed by atoms with van der Waals surface area (Å²) in [5.41, 5.74) is 3.71. The quantitative estimate of drug-likeness (QED) is 0.641. The van der Waals surface area contributed by atoms with Gasteiger partial charge in [0, 0.05) is 5.39 Å². The molecule has 0 bridgehead atoms. The third-order valence-corrected chi connectivity index (χ3v) is 5.69. The summed E-state index contributed by atoms with van der Waals surface area (Å²) < 4.78 is 6.56. The predicted molar refractivity (Wildman–Crippen MR) is 110 cm³/mol. The van der Waals surface area contributed by atoms with Crippen molar-refractivity contribution in [2.24, 2.45) is 0 Å². The summed E-state index contributed by atoms with van der Waals surface area (Å²) in [5.74, 6) is -1.13. The number of carboxylic acids is 1. The summed E-state index contributed by atoms with van der Waals surface area (Å²) in [6, 6.07) is 13.4. The summed E-state index contributed by atoms with van der Waals surface area (Å²) in [5, 5.41) is 10.5. The molecule has 1 N–H and O–H groups in total. The number of pyridine rings is 1. The minimum atomic E-state index is -0.945. The number of fused-ring (bicyclic) bond motifs is 1. The monoisotopic (exact) mass is 392 g/mol. The normalized spacial score (nSPS) is 14.8. The molecule has 1 aliphatic carbocycles. The van der Waals surface area contributed by atoms with Gasteiger partial charge < -0.3 is 14.4 Å². The molecule has 0 amide bonds. The molecule has 1 aliphatic rings. The van der Waals surface area contributed by atoms with Gasteiger partial charge in [-0.15, -0.1) is 0 Å². The van der Waals surface area contributed by atoms with E-state index in [9.17, 15) is 14.7 Å². The first-order valence-corrected chi connectivity index (χ1v) is 9.98. The van der Waals surface area contributed by atoms with Gasteiger partial charge in [0.25, 0.3) is 0 Å². The highest BCUT2D eigenvalue weighted by Crippen LogP contribution is 2.43. The Balaban J connectivity index is 2.03. The highest BCUT2D eigenvalue weighted by Gasteiger charge is 2.28. The zero-order valence-electron chi connectivity index (χ0n) is 16.4. The van der Waals surface area contributed by atoms with Crippen LogP contribution in [0.3, 0.4) is 0 Å². The number of carbonyl (C=O) groups is 2. The molecule has 4 rings (SSSR count). The number of nitrogens with zero attached hydrogens (tertiary/aromatic N) is 2. The lowest BCUT2D eigenvalue weighted by Crippen LogP contribution is -2.12. The molecular weight excluding hydrogens is 368 g/mol. The van der Waals surface area contributed by atoms with E-state index in [0.717, 1.165) is 47.9 Å². The van der Waals surface area contributed by atoms with E-state index in [0.29, 0.717) is 11.6 Å². The van der Waals surface area contributed by atoms with E-state index in [-0.39, 0.29) is 12.2 Å². The number of aromatic nitrogens is 2. The van der Waals surface area contributed by atoms with Crippen molar-refractivity contribution in [2.45, 2.75) is 44.6 Å². The number of carboxylic acid groups (broad SMARTS) is 1. The van der Waals surface area contributed by atoms with Crippen LogP contribution in [-0.2, 0) is 16.1 Å². The maximum atomic E-state index is 12.0. The summed E-state index contributed by atoms with van der Waals surface area (Å²) in [7, 11) is 1.31. The Morgan fingerprint density at radius 2 is 1.83 bits per heavy atom. The summed E-state index contributed by atoms with van der Waals surface area (Å²) in [6.07, 6.45) is 5.71. The molecule has 29 heavy (non-hydrogen) atoms. The second kappa shape index (κ2) is 8.07. The zero-order valence-corrected chi connectivity index (χ0v) is 16.4. The van der Waals surface area contributed by atoms with Gasteiger partial charge in [-0.3, -0.25) is 4.79 Å². The first-order chi connectivity index (χ1) is 14.1. The molecule has 2 aromatic heterocycles. The lowest BCUT2D eigenvalue weighted by molar-refractivity contribution is -0.137. The first kappa shape index (κ1) is 19.2. The molecule has 6 heteroatoms. The molecule has 150 valence electrons. The van der Waals surface area contributed by atoms with Crippen LogP contribution in [0.5, 0.6) is 0 Å². The van der Waals surface area contributed by atoms with Crippen molar-refractivity contribution in [1.29, 1.82) is 0 Å². The average Bonchev–Trinajstić information content (AvgIpc) is 3.07. The molecule has 0 spiro atoms. The third-order valence-electron chi connectivity index (χ3n) is 5.69. The van der Waals surface area contributed by atoms with E-state index in [1.165, 1.54) is 13.5 Å². The van der Waals surface area contributed by atoms with Crippen LogP contribution < -0.4 is 0 Å². The van der Waals surface area contributed by atoms with E-state index < -0.39 is 11.9 Å². The molecule has 0 atom stereocenters. The molecule has 2 heterocycles. The molecule has 0 radical (unpaired) electrons. The van der Waals surface area contributed by atoms with E-state index >= 15 is 0 Å². The summed E-state index contributed by atoms with van der Waals surface area (Å²) >= 11 is 0. The Morgan fingerprint density at radius 1 is 1.10 bits per heavy atom. The van der Waals surface area contributed by atoms with Crippen molar-refractivity contribution in [3.05, 3.63) is 53.7 Å². The van der Waals surface area contributed by atoms with E-state index in [2.05, 4.69) is 4.98 Å². The molecule has 3 aromatic rings. The third kappa shape index (κ3) is 3.62. The van der Waals surface area contributed by atoms with Gasteiger partial charge in [0.2, 0.25) is 0 Å². The number of benzene rings is 1. The smallest absolute Gasteiger partial charge is 0.356 e. The zero-order chi connectivity index (χ0) is 20.4. The van der Waals surface area contributed by atoms with Crippen LogP contribution in [0.1, 0.15) is 54.1 Å². The van der Waals surface area contributed by atoms with Crippen LogP contribution in [0, 0.1) is 0 Å². The number of methoxy groups -OCH3 is 1. The number of aliphatic carboxylic acids is 1. The molecule has 1 aromatic carbocycles. The van der Waals surface area contributed by atoms with Crippen molar-refractivity contribution in [1.82, 2.24) is 9.55 Å². The lowest BCUT2D eigenvalue weighted by Gasteiger charge is -2.23. The van der Waals surface area contributed by atoms with Crippen molar-refractivity contribution in [3.8, 4) is 11.3 Å². The summed E-state index contributed by atoms with van der Waals surface area (Å²) in [4.78, 5) is 28.3. The van der Waals surface area contributed by atoms with E-state index in [1.54, 1.807) is 10.6 Å². The molecule has 6 nitrogen and oxygen atoms in total. The summed E-state index contributed by atoms with van der Waals surface area (Å²) in [6.45, 7) is -0.217. The standard InChI is InChI=1S/C23H24N2O4/c1-29-23(28)18-13-12-17-20(15-8-4-2-5-9-15)21(16-10-6-3-7-11-16)25(14-19(26)27)22(17)24-18/h3,6-7,10-13,15H,2,4-5,8-9,14H2,1H3,(H,26,27). The van der Waals surface area contributed by atoms with Crippen molar-refractivity contribution in [3.63, 3.8) is 0 Å². The highest BCUT2D eigenvalue weighted by atomic mass is 16.5. The van der Waals surface area contributed by atoms with Gasteiger partial charge in [-0.05, 0) is 42.0 Å². The highest BCUT2D eigenvalue weighted by molar-refractivity contribution is 5.95. The average molecular weight is 392 g/mol. The van der Waals surface area contributed by atoms with Gasteiger partial charge in [0.1, 0.15) is 12.2 Å². The second-order valence-corrected chi connectivity index (χ2v) is 7.50. The fourth-order valence-corrected chi connectivity index (χ4v) is 4.46. The molecule has 0 aliphatic heterocycles. The fourth-order valence-electron chi connectivity index (χ4n) is 4.46. The maximum Gasteiger partial charge on any atom is 0.356 e. The maximum absolute atomic E-state index is 12.0. The molecule has 0 saturated heterocycles. The molecular formula is C23H24N2O4. The number of hydrogen-bond acceptors (Lipinski definition) is 4. The molecule has 1 fully saturated rings. The SMILES string of the molecule is COC(=O)c1ccc2c(C3CCCCC3)c(-c3ccccc3)n(CC(=O)O)c2n1. The van der Waals surface area contributed by atoms with Crippen LogP contribution in [0.25, 0.3) is 22.3 Å². The minimum Gasteiger partial charge on any atom is -0.480 e. The van der Waals surface area contributed by atoms with Crippen LogP contribution in [0.15, 0.2) is 42.5 Å². The van der Waals surface area contributed by atoms with E-state index in [1.807, 2.05) is 36.4 Å². The van der Waals surface area contributed by atoms with Gasteiger partial charge in [-0.25, -0.2) is 9.78 Å². The second-order valence-electron chi connectivity index (χ2n) is 7.50. The topological polar surface area (TPSA) is 81.4 Å². The van der Waals surface area contributed by atoms with Gasteiger partial charge in [-0.1, -0.05) is 49.6 Å². The van der Waals surface area contributed by atoms with Crippen molar-refractivity contribution >= 4 is 23.0 Å². The number of hydrogen-bond donors (Lipinski definition) is 1. The molecule has 0 unspecified atom stereocenters. The Bertz CT molecular complexity index is 1050. The van der Waals surface area contributed by atoms with E-state index in [4.69, 9.17) is 4.74 Å². The Kier molecular flexibility index (Phi) is 5.34. The Hall–Kier alpha value is -3.15. The lowest BCUT2D eigenvalue weighted by atomic mass is 9.82. The minimum absolute atomic E-state index is 0.180. The van der Waals surface area contributed by atoms with Crippen LogP contribution in [0.4, 0.5) is 0 Å². The van der Waals surface area contributed by atoms with Crippen LogP contribution in [0.2, 0.25) is 0 Å².